The molecule has 0 saturated carbocycles. The number of hydrogen-bond acceptors (Lipinski definition) is 3. The van der Waals surface area contributed by atoms with Crippen molar-refractivity contribution in [2.75, 3.05) is 13.1 Å². The molecule has 1 aliphatic rings. The molecule has 2 N–H and O–H groups in total. The Morgan fingerprint density at radius 2 is 2.16 bits per heavy atom. The van der Waals surface area contributed by atoms with Gasteiger partial charge in [0.2, 0.25) is 0 Å². The zero-order chi connectivity index (χ0) is 13.2. The van der Waals surface area contributed by atoms with Gasteiger partial charge in [0.05, 0.1) is 11.6 Å². The van der Waals surface area contributed by atoms with Gasteiger partial charge in [0.15, 0.2) is 0 Å². The number of piperidine rings is 1. The molecule has 0 bridgehead atoms. The van der Waals surface area contributed by atoms with Crippen molar-refractivity contribution in [3.05, 3.63) is 30.1 Å². The maximum atomic E-state index is 10.9. The third kappa shape index (κ3) is 2.61. The topological polar surface area (TPSA) is 69.2 Å². The van der Waals surface area contributed by atoms with Crippen LogP contribution in [-0.4, -0.2) is 39.0 Å². The molecule has 2 aromatic heterocycles. The van der Waals surface area contributed by atoms with E-state index in [0.717, 1.165) is 49.2 Å². The van der Waals surface area contributed by atoms with Crippen LogP contribution in [0.5, 0.6) is 0 Å². The van der Waals surface area contributed by atoms with Gasteiger partial charge < -0.3 is 10.1 Å². The lowest BCUT2D eigenvalue weighted by atomic mass is 9.97. The third-order valence-electron chi connectivity index (χ3n) is 3.79. The Balaban J connectivity index is 1.64. The molecule has 0 atom stereocenters. The van der Waals surface area contributed by atoms with Crippen molar-refractivity contribution in [3.63, 3.8) is 0 Å². The number of carbonyl (C=O) groups is 1. The Labute approximate surface area is 111 Å². The lowest BCUT2D eigenvalue weighted by Crippen LogP contribution is -2.36. The van der Waals surface area contributed by atoms with E-state index in [0.29, 0.717) is 0 Å². The molecule has 3 rings (SSSR count). The maximum absolute atomic E-state index is 10.9. The molecule has 0 radical (unpaired) electrons. The summed E-state index contributed by atoms with van der Waals surface area (Å²) in [5, 5.41) is 10.1. The first-order chi connectivity index (χ1) is 9.22. The van der Waals surface area contributed by atoms with E-state index in [9.17, 15) is 4.79 Å². The molecule has 0 unspecified atom stereocenters. The predicted molar refractivity (Wildman–Crippen MR) is 71.7 cm³/mol. The molecule has 100 valence electrons. The number of hydrogen-bond donors (Lipinski definition) is 2. The van der Waals surface area contributed by atoms with Gasteiger partial charge in [-0.15, -0.1) is 0 Å². The number of carboxylic acid groups (broad SMARTS) is 1. The second kappa shape index (κ2) is 5.01. The summed E-state index contributed by atoms with van der Waals surface area (Å²) in [5.41, 5.74) is 1.95. The van der Waals surface area contributed by atoms with Gasteiger partial charge in [0, 0.05) is 18.1 Å². The van der Waals surface area contributed by atoms with Crippen LogP contribution in [0.3, 0.4) is 0 Å². The van der Waals surface area contributed by atoms with Gasteiger partial charge in [-0.05, 0) is 44.1 Å². The SMILES string of the molecule is O=C(O)C1CCN(Cc2ccc3cc[nH]c3n2)CC1. The van der Waals surface area contributed by atoms with Gasteiger partial charge >= 0.3 is 5.97 Å². The monoisotopic (exact) mass is 259 g/mol. The average Bonchev–Trinajstić information content (AvgIpc) is 2.87. The van der Waals surface area contributed by atoms with E-state index in [-0.39, 0.29) is 5.92 Å². The van der Waals surface area contributed by atoms with Crippen LogP contribution in [0.25, 0.3) is 11.0 Å². The third-order valence-corrected chi connectivity index (χ3v) is 3.79. The zero-order valence-electron chi connectivity index (χ0n) is 10.7. The predicted octanol–water partition coefficient (Wildman–Crippen LogP) is 1.86. The molecular formula is C14H17N3O2. The van der Waals surface area contributed by atoms with Crippen LogP contribution < -0.4 is 0 Å². The maximum Gasteiger partial charge on any atom is 0.306 e. The highest BCUT2D eigenvalue weighted by molar-refractivity contribution is 5.75. The molecule has 5 heteroatoms. The quantitative estimate of drug-likeness (QED) is 0.882. The minimum absolute atomic E-state index is 0.171. The van der Waals surface area contributed by atoms with Crippen molar-refractivity contribution in [1.82, 2.24) is 14.9 Å². The Morgan fingerprint density at radius 1 is 1.37 bits per heavy atom. The Morgan fingerprint density at radius 3 is 2.89 bits per heavy atom. The van der Waals surface area contributed by atoms with Crippen molar-refractivity contribution >= 4 is 17.0 Å². The normalized spacial score (nSPS) is 17.9. The van der Waals surface area contributed by atoms with E-state index in [1.807, 2.05) is 18.3 Å². The number of aromatic nitrogens is 2. The van der Waals surface area contributed by atoms with Gasteiger partial charge in [-0.3, -0.25) is 9.69 Å². The number of aliphatic carboxylic acids is 1. The molecule has 0 aliphatic carbocycles. The Hall–Kier alpha value is -1.88. The van der Waals surface area contributed by atoms with Crippen LogP contribution in [0.2, 0.25) is 0 Å². The molecule has 1 saturated heterocycles. The summed E-state index contributed by atoms with van der Waals surface area (Å²) in [6, 6.07) is 6.11. The molecular weight excluding hydrogens is 242 g/mol. The van der Waals surface area contributed by atoms with E-state index in [2.05, 4.69) is 20.9 Å². The van der Waals surface area contributed by atoms with Crippen LogP contribution in [0.1, 0.15) is 18.5 Å². The smallest absolute Gasteiger partial charge is 0.306 e. The van der Waals surface area contributed by atoms with E-state index >= 15 is 0 Å². The number of nitrogens with one attached hydrogen (secondary N) is 1. The van der Waals surface area contributed by atoms with Crippen molar-refractivity contribution in [2.24, 2.45) is 5.92 Å². The fourth-order valence-electron chi connectivity index (χ4n) is 2.63. The largest absolute Gasteiger partial charge is 0.481 e. The minimum atomic E-state index is -0.661. The van der Waals surface area contributed by atoms with Gasteiger partial charge in [-0.1, -0.05) is 0 Å². The summed E-state index contributed by atoms with van der Waals surface area (Å²) >= 11 is 0. The van der Waals surface area contributed by atoms with Crippen LogP contribution in [-0.2, 0) is 11.3 Å². The number of aromatic amines is 1. The minimum Gasteiger partial charge on any atom is -0.481 e. The van der Waals surface area contributed by atoms with Gasteiger partial charge in [0.25, 0.3) is 0 Å². The lowest BCUT2D eigenvalue weighted by molar-refractivity contribution is -0.143. The molecule has 19 heavy (non-hydrogen) atoms. The first kappa shape index (κ1) is 12.2. The van der Waals surface area contributed by atoms with Crippen molar-refractivity contribution in [2.45, 2.75) is 19.4 Å². The summed E-state index contributed by atoms with van der Waals surface area (Å²) in [5.74, 6) is -0.833. The Bertz CT molecular complexity index is 585. The molecule has 1 aliphatic heterocycles. The lowest BCUT2D eigenvalue weighted by Gasteiger charge is -2.29. The molecule has 2 aromatic rings. The second-order valence-corrected chi connectivity index (χ2v) is 5.11. The van der Waals surface area contributed by atoms with Gasteiger partial charge in [-0.25, -0.2) is 4.98 Å². The molecule has 0 aromatic carbocycles. The van der Waals surface area contributed by atoms with E-state index in [1.165, 1.54) is 0 Å². The molecule has 3 heterocycles. The highest BCUT2D eigenvalue weighted by atomic mass is 16.4. The summed E-state index contributed by atoms with van der Waals surface area (Å²) < 4.78 is 0. The summed E-state index contributed by atoms with van der Waals surface area (Å²) in [6.45, 7) is 2.46. The van der Waals surface area contributed by atoms with Crippen LogP contribution in [0, 0.1) is 5.92 Å². The number of likely N-dealkylation sites (tertiary alicyclic amines) is 1. The molecule has 1 fully saturated rings. The fourth-order valence-corrected chi connectivity index (χ4v) is 2.63. The highest BCUT2D eigenvalue weighted by Crippen LogP contribution is 2.19. The number of nitrogens with zero attached hydrogens (tertiary/aromatic N) is 2. The summed E-state index contributed by atoms with van der Waals surface area (Å²) in [4.78, 5) is 20.9. The van der Waals surface area contributed by atoms with E-state index in [1.54, 1.807) is 0 Å². The van der Waals surface area contributed by atoms with E-state index in [4.69, 9.17) is 5.11 Å². The summed E-state index contributed by atoms with van der Waals surface area (Å²) in [6.07, 6.45) is 3.36. The van der Waals surface area contributed by atoms with Crippen LogP contribution in [0.4, 0.5) is 0 Å². The fraction of sp³-hybridized carbons (Fsp3) is 0.429. The number of rotatable bonds is 3. The zero-order valence-corrected chi connectivity index (χ0v) is 10.7. The number of fused-ring (bicyclic) bond motifs is 1. The molecule has 0 amide bonds. The summed E-state index contributed by atoms with van der Waals surface area (Å²) in [7, 11) is 0. The van der Waals surface area contributed by atoms with Gasteiger partial charge in [-0.2, -0.15) is 0 Å². The van der Waals surface area contributed by atoms with Crippen molar-refractivity contribution in [3.8, 4) is 0 Å². The second-order valence-electron chi connectivity index (χ2n) is 5.11. The highest BCUT2D eigenvalue weighted by Gasteiger charge is 2.24. The van der Waals surface area contributed by atoms with Gasteiger partial charge in [0.1, 0.15) is 5.65 Å². The first-order valence-corrected chi connectivity index (χ1v) is 6.60. The van der Waals surface area contributed by atoms with Crippen LogP contribution in [0.15, 0.2) is 24.4 Å². The van der Waals surface area contributed by atoms with E-state index < -0.39 is 5.97 Å². The standard InChI is InChI=1S/C14H17N3O2/c18-14(19)11-4-7-17(8-5-11)9-12-2-1-10-3-6-15-13(10)16-12/h1-3,6,11H,4-5,7-9H2,(H,15,16)(H,18,19). The molecule has 5 nitrogen and oxygen atoms in total. The number of carboxylic acids is 1. The molecule has 0 spiro atoms. The van der Waals surface area contributed by atoms with Crippen molar-refractivity contribution < 1.29 is 9.90 Å². The number of pyridine rings is 1. The Kier molecular flexibility index (Phi) is 3.21. The average molecular weight is 259 g/mol. The van der Waals surface area contributed by atoms with Crippen LogP contribution >= 0.6 is 0 Å². The first-order valence-electron chi connectivity index (χ1n) is 6.60. The number of H-pyrrole nitrogens is 1. The van der Waals surface area contributed by atoms with Crippen molar-refractivity contribution in [1.29, 1.82) is 0 Å².